The largest absolute Gasteiger partial charge is 0.382 e. The molecule has 1 atom stereocenters. The number of Topliss-reactive ketones (excluding diaryl/α,β-unsaturated/α-hetero) is 1. The van der Waals surface area contributed by atoms with Crippen molar-refractivity contribution in [2.24, 2.45) is 0 Å². The van der Waals surface area contributed by atoms with E-state index in [0.29, 0.717) is 12.2 Å². The lowest BCUT2D eigenvalue weighted by molar-refractivity contribution is -0.116. The van der Waals surface area contributed by atoms with Gasteiger partial charge in [-0.1, -0.05) is 6.08 Å². The first-order chi connectivity index (χ1) is 6.74. The fourth-order valence-corrected chi connectivity index (χ4v) is 1.70. The third kappa shape index (κ3) is 3.62. The highest BCUT2D eigenvalue weighted by Crippen LogP contribution is 2.20. The van der Waals surface area contributed by atoms with E-state index in [-0.39, 0.29) is 6.10 Å². The Morgan fingerprint density at radius 1 is 1.57 bits per heavy atom. The highest BCUT2D eigenvalue weighted by atomic mass is 16.5. The molecule has 0 aromatic heterocycles. The van der Waals surface area contributed by atoms with Crippen molar-refractivity contribution >= 4 is 5.78 Å². The van der Waals surface area contributed by atoms with Crippen molar-refractivity contribution in [1.82, 2.24) is 0 Å². The molecule has 0 aromatic rings. The van der Waals surface area contributed by atoms with Crippen molar-refractivity contribution in [2.45, 2.75) is 51.6 Å². The van der Waals surface area contributed by atoms with Gasteiger partial charge >= 0.3 is 0 Å². The van der Waals surface area contributed by atoms with Crippen LogP contribution in [0.1, 0.15) is 45.4 Å². The van der Waals surface area contributed by atoms with Crippen LogP contribution in [0, 0.1) is 0 Å². The summed E-state index contributed by atoms with van der Waals surface area (Å²) in [4.78, 5) is 11.7. The predicted octanol–water partition coefficient (Wildman–Crippen LogP) is 2.87. The molecular weight excluding hydrogens is 176 g/mol. The molecule has 2 heteroatoms. The van der Waals surface area contributed by atoms with E-state index in [1.807, 2.05) is 6.92 Å². The van der Waals surface area contributed by atoms with Crippen molar-refractivity contribution in [1.29, 1.82) is 0 Å². The van der Waals surface area contributed by atoms with Gasteiger partial charge in [0.05, 0.1) is 6.10 Å². The van der Waals surface area contributed by atoms with Gasteiger partial charge in [0.15, 0.2) is 5.78 Å². The van der Waals surface area contributed by atoms with E-state index in [1.54, 1.807) is 7.11 Å². The summed E-state index contributed by atoms with van der Waals surface area (Å²) in [5, 5.41) is 0. The minimum absolute atomic E-state index is 0.197. The zero-order chi connectivity index (χ0) is 10.4. The maximum absolute atomic E-state index is 11.7. The summed E-state index contributed by atoms with van der Waals surface area (Å²) in [5.41, 5.74) is 1.06. The summed E-state index contributed by atoms with van der Waals surface area (Å²) in [6, 6.07) is 0. The Labute approximate surface area is 86.3 Å². The zero-order valence-corrected chi connectivity index (χ0v) is 9.21. The van der Waals surface area contributed by atoms with Gasteiger partial charge in [-0.3, -0.25) is 4.79 Å². The van der Waals surface area contributed by atoms with Crippen LogP contribution >= 0.6 is 0 Å². The number of hydrogen-bond donors (Lipinski definition) is 0. The van der Waals surface area contributed by atoms with Gasteiger partial charge in [0.2, 0.25) is 0 Å². The van der Waals surface area contributed by atoms with E-state index in [1.165, 1.54) is 12.8 Å². The molecule has 0 saturated heterocycles. The third-order valence-corrected chi connectivity index (χ3v) is 2.83. The van der Waals surface area contributed by atoms with E-state index in [0.717, 1.165) is 24.8 Å². The first kappa shape index (κ1) is 11.4. The standard InChI is InChI=1S/C12H20O2/c1-10(14-2)8-9-12(13)11-6-4-3-5-7-11/h6,10H,3-5,7-9H2,1-2H3. The van der Waals surface area contributed by atoms with Crippen molar-refractivity contribution in [2.75, 3.05) is 7.11 Å². The third-order valence-electron chi connectivity index (χ3n) is 2.83. The van der Waals surface area contributed by atoms with Gasteiger partial charge in [-0.2, -0.15) is 0 Å². The first-order valence-electron chi connectivity index (χ1n) is 5.49. The van der Waals surface area contributed by atoms with Crippen molar-refractivity contribution in [3.63, 3.8) is 0 Å². The highest BCUT2D eigenvalue weighted by Gasteiger charge is 2.13. The summed E-state index contributed by atoms with van der Waals surface area (Å²) >= 11 is 0. The normalized spacial score (nSPS) is 18.9. The second kappa shape index (κ2) is 5.97. The Morgan fingerprint density at radius 2 is 2.36 bits per heavy atom. The Morgan fingerprint density at radius 3 is 2.93 bits per heavy atom. The van der Waals surface area contributed by atoms with E-state index in [2.05, 4.69) is 6.08 Å². The Bertz CT molecular complexity index is 218. The number of ketones is 1. The van der Waals surface area contributed by atoms with E-state index in [9.17, 15) is 4.79 Å². The molecule has 0 bridgehead atoms. The Hall–Kier alpha value is -0.630. The van der Waals surface area contributed by atoms with Gasteiger partial charge < -0.3 is 4.74 Å². The van der Waals surface area contributed by atoms with Gasteiger partial charge in [-0.15, -0.1) is 0 Å². The van der Waals surface area contributed by atoms with Crippen LogP contribution in [0.25, 0.3) is 0 Å². The van der Waals surface area contributed by atoms with E-state index >= 15 is 0 Å². The molecule has 1 aliphatic carbocycles. The van der Waals surface area contributed by atoms with Crippen LogP contribution in [0.3, 0.4) is 0 Å². The summed E-state index contributed by atoms with van der Waals surface area (Å²) in [6.07, 6.45) is 8.28. The van der Waals surface area contributed by atoms with Crippen LogP contribution in [0.5, 0.6) is 0 Å². The molecule has 0 heterocycles. The molecule has 0 radical (unpaired) electrons. The van der Waals surface area contributed by atoms with Crippen LogP contribution in [0.4, 0.5) is 0 Å². The maximum Gasteiger partial charge on any atom is 0.158 e. The van der Waals surface area contributed by atoms with Gasteiger partial charge in [0, 0.05) is 13.5 Å². The Kier molecular flexibility index (Phi) is 4.88. The quantitative estimate of drug-likeness (QED) is 0.676. The minimum atomic E-state index is 0.197. The number of carbonyl (C=O) groups is 1. The number of rotatable bonds is 5. The predicted molar refractivity (Wildman–Crippen MR) is 57.3 cm³/mol. The van der Waals surface area contributed by atoms with Crippen LogP contribution in [0.2, 0.25) is 0 Å². The molecule has 0 saturated carbocycles. The molecule has 1 rings (SSSR count). The smallest absolute Gasteiger partial charge is 0.158 e. The Balaban J connectivity index is 2.30. The minimum Gasteiger partial charge on any atom is -0.382 e. The van der Waals surface area contributed by atoms with Crippen molar-refractivity contribution in [3.8, 4) is 0 Å². The second-order valence-electron chi connectivity index (χ2n) is 3.98. The van der Waals surface area contributed by atoms with E-state index < -0.39 is 0 Å². The van der Waals surface area contributed by atoms with Crippen LogP contribution < -0.4 is 0 Å². The molecule has 1 unspecified atom stereocenters. The summed E-state index contributed by atoms with van der Waals surface area (Å²) in [6.45, 7) is 2.00. The molecule has 0 aliphatic heterocycles. The van der Waals surface area contributed by atoms with E-state index in [4.69, 9.17) is 4.74 Å². The number of hydrogen-bond acceptors (Lipinski definition) is 2. The molecule has 80 valence electrons. The molecular formula is C12H20O2. The molecule has 0 N–H and O–H groups in total. The molecule has 1 aliphatic rings. The fourth-order valence-electron chi connectivity index (χ4n) is 1.70. The van der Waals surface area contributed by atoms with Gasteiger partial charge in [-0.25, -0.2) is 0 Å². The lowest BCUT2D eigenvalue weighted by atomic mass is 9.94. The molecule has 0 spiro atoms. The molecule has 0 amide bonds. The molecule has 14 heavy (non-hydrogen) atoms. The number of allylic oxidation sites excluding steroid dienone is 2. The zero-order valence-electron chi connectivity index (χ0n) is 9.21. The topological polar surface area (TPSA) is 26.3 Å². The monoisotopic (exact) mass is 196 g/mol. The number of methoxy groups -OCH3 is 1. The lowest BCUT2D eigenvalue weighted by Crippen LogP contribution is -2.11. The fraction of sp³-hybridized carbons (Fsp3) is 0.750. The summed E-state index contributed by atoms with van der Waals surface area (Å²) < 4.78 is 5.12. The lowest BCUT2D eigenvalue weighted by Gasteiger charge is -2.13. The maximum atomic E-state index is 11.7. The van der Waals surface area contributed by atoms with Crippen LogP contribution in [0.15, 0.2) is 11.6 Å². The average Bonchev–Trinajstić information content (AvgIpc) is 2.26. The van der Waals surface area contributed by atoms with Gasteiger partial charge in [-0.05, 0) is 44.6 Å². The number of carbonyl (C=O) groups excluding carboxylic acids is 1. The van der Waals surface area contributed by atoms with Gasteiger partial charge in [0.1, 0.15) is 0 Å². The summed E-state index contributed by atoms with van der Waals surface area (Å²) in [7, 11) is 1.69. The molecule has 0 aromatic carbocycles. The van der Waals surface area contributed by atoms with Crippen LogP contribution in [-0.4, -0.2) is 19.0 Å². The van der Waals surface area contributed by atoms with Gasteiger partial charge in [0.25, 0.3) is 0 Å². The molecule has 2 nitrogen and oxygen atoms in total. The summed E-state index contributed by atoms with van der Waals surface area (Å²) in [5.74, 6) is 0.327. The molecule has 0 fully saturated rings. The van der Waals surface area contributed by atoms with Crippen molar-refractivity contribution < 1.29 is 9.53 Å². The van der Waals surface area contributed by atoms with Crippen molar-refractivity contribution in [3.05, 3.63) is 11.6 Å². The number of ether oxygens (including phenoxy) is 1. The second-order valence-corrected chi connectivity index (χ2v) is 3.98. The highest BCUT2D eigenvalue weighted by molar-refractivity contribution is 5.95. The SMILES string of the molecule is COC(C)CCC(=O)C1=CCCCC1. The van der Waals surface area contributed by atoms with Crippen LogP contribution in [-0.2, 0) is 9.53 Å². The first-order valence-corrected chi connectivity index (χ1v) is 5.49. The average molecular weight is 196 g/mol.